The number of rotatable bonds is 0. The number of amides is 1. The molecule has 1 N–H and O–H groups in total. The molecule has 10 heavy (non-hydrogen) atoms. The molecule has 0 unspecified atom stereocenters. The molecule has 0 bridgehead atoms. The Bertz CT molecular complexity index is 173. The average molecular weight is 159 g/mol. The molecule has 0 aromatic carbocycles. The molecule has 2 atom stereocenters. The number of carbonyl (C=O) groups is 1. The van der Waals surface area contributed by atoms with Crippen molar-refractivity contribution >= 4 is 17.7 Å². The number of hydrogen-bond acceptors (Lipinski definition) is 3. The van der Waals surface area contributed by atoms with E-state index in [1.807, 2.05) is 0 Å². The Balaban J connectivity index is 2.00. The van der Waals surface area contributed by atoms with Gasteiger partial charge in [-0.3, -0.25) is 4.79 Å². The standard InChI is InChI=1S/C6H9NO2S/c8-4-2-7-5(9)1-6(7)10-3-4/h4,6,8H,1-3H2/t4-,6-/m0/s1. The van der Waals surface area contributed by atoms with Gasteiger partial charge < -0.3 is 10.0 Å². The highest BCUT2D eigenvalue weighted by atomic mass is 32.2. The normalized spacial score (nSPS) is 38.9. The van der Waals surface area contributed by atoms with Crippen LogP contribution in [-0.4, -0.2) is 39.7 Å². The van der Waals surface area contributed by atoms with Crippen LogP contribution < -0.4 is 0 Å². The summed E-state index contributed by atoms with van der Waals surface area (Å²) in [5.41, 5.74) is 0. The van der Waals surface area contributed by atoms with E-state index in [1.165, 1.54) is 0 Å². The number of nitrogens with zero attached hydrogens (tertiary/aromatic N) is 1. The molecule has 56 valence electrons. The van der Waals surface area contributed by atoms with Crippen molar-refractivity contribution in [2.24, 2.45) is 0 Å². The van der Waals surface area contributed by atoms with Crippen LogP contribution >= 0.6 is 11.8 Å². The molecule has 2 fully saturated rings. The largest absolute Gasteiger partial charge is 0.390 e. The van der Waals surface area contributed by atoms with E-state index >= 15 is 0 Å². The number of β-lactam (4-membered cyclic amide) rings is 1. The van der Waals surface area contributed by atoms with Crippen LogP contribution in [0.2, 0.25) is 0 Å². The predicted molar refractivity (Wildman–Crippen MR) is 38.6 cm³/mol. The Kier molecular flexibility index (Phi) is 1.38. The van der Waals surface area contributed by atoms with Crippen LogP contribution in [0, 0.1) is 0 Å². The number of thioether (sulfide) groups is 1. The summed E-state index contributed by atoms with van der Waals surface area (Å²) in [6.07, 6.45) is 0.377. The Hall–Kier alpha value is -0.220. The van der Waals surface area contributed by atoms with Gasteiger partial charge >= 0.3 is 0 Å². The van der Waals surface area contributed by atoms with Crippen molar-refractivity contribution in [3.05, 3.63) is 0 Å². The van der Waals surface area contributed by atoms with Gasteiger partial charge in [0.05, 0.1) is 17.9 Å². The summed E-state index contributed by atoms with van der Waals surface area (Å²) >= 11 is 1.68. The highest BCUT2D eigenvalue weighted by Crippen LogP contribution is 2.33. The molecule has 0 spiro atoms. The molecule has 2 aliphatic rings. The van der Waals surface area contributed by atoms with Gasteiger partial charge in [0.1, 0.15) is 0 Å². The second-order valence-corrected chi connectivity index (χ2v) is 3.90. The zero-order valence-corrected chi connectivity index (χ0v) is 6.30. The Morgan fingerprint density at radius 3 is 3.10 bits per heavy atom. The van der Waals surface area contributed by atoms with E-state index in [1.54, 1.807) is 16.7 Å². The van der Waals surface area contributed by atoms with E-state index in [4.69, 9.17) is 5.11 Å². The van der Waals surface area contributed by atoms with Gasteiger partial charge in [0.25, 0.3) is 0 Å². The van der Waals surface area contributed by atoms with Gasteiger partial charge in [0.2, 0.25) is 5.91 Å². The molecule has 0 radical (unpaired) electrons. The lowest BCUT2D eigenvalue weighted by atomic mass is 10.2. The van der Waals surface area contributed by atoms with E-state index < -0.39 is 0 Å². The van der Waals surface area contributed by atoms with Crippen LogP contribution in [0.3, 0.4) is 0 Å². The number of fused-ring (bicyclic) bond motifs is 1. The van der Waals surface area contributed by atoms with Crippen LogP contribution in [-0.2, 0) is 4.79 Å². The minimum atomic E-state index is -0.300. The highest BCUT2D eigenvalue weighted by molar-refractivity contribution is 8.00. The van der Waals surface area contributed by atoms with Gasteiger partial charge in [-0.05, 0) is 0 Å². The molecule has 3 nitrogen and oxygen atoms in total. The first kappa shape index (κ1) is 6.49. The minimum Gasteiger partial charge on any atom is -0.390 e. The van der Waals surface area contributed by atoms with Gasteiger partial charge in [-0.15, -0.1) is 11.8 Å². The van der Waals surface area contributed by atoms with Gasteiger partial charge in [-0.1, -0.05) is 0 Å². The third-order valence-electron chi connectivity index (χ3n) is 1.91. The molecular weight excluding hydrogens is 150 g/mol. The number of aliphatic hydroxyl groups is 1. The molecule has 0 aromatic rings. The van der Waals surface area contributed by atoms with Crippen LogP contribution in [0.4, 0.5) is 0 Å². The molecule has 2 saturated heterocycles. The quantitative estimate of drug-likeness (QED) is 0.491. The average Bonchev–Trinajstić information content (AvgIpc) is 1.92. The second-order valence-electron chi connectivity index (χ2n) is 2.69. The SMILES string of the molecule is O=C1C[C@@H]2SC[C@@H](O)CN12. The van der Waals surface area contributed by atoms with Crippen molar-refractivity contribution in [2.45, 2.75) is 17.9 Å². The summed E-state index contributed by atoms with van der Waals surface area (Å²) in [5.74, 6) is 0.977. The van der Waals surface area contributed by atoms with Crippen LogP contribution in [0.25, 0.3) is 0 Å². The summed E-state index contributed by atoms with van der Waals surface area (Å²) in [6.45, 7) is 0.552. The third-order valence-corrected chi connectivity index (χ3v) is 3.29. The number of carbonyl (C=O) groups excluding carboxylic acids is 1. The third kappa shape index (κ3) is 0.828. The van der Waals surface area contributed by atoms with Crippen molar-refractivity contribution in [1.29, 1.82) is 0 Å². The molecule has 4 heteroatoms. The van der Waals surface area contributed by atoms with E-state index in [9.17, 15) is 4.79 Å². The zero-order valence-electron chi connectivity index (χ0n) is 5.49. The summed E-state index contributed by atoms with van der Waals surface area (Å²) < 4.78 is 0. The molecule has 0 saturated carbocycles. The first-order valence-corrected chi connectivity index (χ1v) is 4.41. The smallest absolute Gasteiger partial charge is 0.226 e. The lowest BCUT2D eigenvalue weighted by molar-refractivity contribution is -0.143. The van der Waals surface area contributed by atoms with Crippen molar-refractivity contribution in [1.82, 2.24) is 4.90 Å². The van der Waals surface area contributed by atoms with Crippen molar-refractivity contribution in [3.63, 3.8) is 0 Å². The van der Waals surface area contributed by atoms with Gasteiger partial charge in [-0.2, -0.15) is 0 Å². The van der Waals surface area contributed by atoms with Gasteiger partial charge in [0.15, 0.2) is 0 Å². The number of aliphatic hydroxyl groups excluding tert-OH is 1. The predicted octanol–water partition coefficient (Wildman–Crippen LogP) is -0.348. The molecule has 2 rings (SSSR count). The second kappa shape index (κ2) is 2.13. The van der Waals surface area contributed by atoms with Gasteiger partial charge in [-0.25, -0.2) is 0 Å². The van der Waals surface area contributed by atoms with Crippen molar-refractivity contribution < 1.29 is 9.90 Å². The Morgan fingerprint density at radius 2 is 2.50 bits per heavy atom. The Morgan fingerprint density at radius 1 is 1.70 bits per heavy atom. The van der Waals surface area contributed by atoms with E-state index in [0.717, 1.165) is 5.75 Å². The summed E-state index contributed by atoms with van der Waals surface area (Å²) in [5, 5.41) is 9.52. The summed E-state index contributed by atoms with van der Waals surface area (Å²) in [6, 6.07) is 0. The molecular formula is C6H9NO2S. The first-order valence-electron chi connectivity index (χ1n) is 3.36. The lowest BCUT2D eigenvalue weighted by Crippen LogP contribution is -2.57. The molecule has 1 amide bonds. The summed E-state index contributed by atoms with van der Waals surface area (Å²) in [7, 11) is 0. The van der Waals surface area contributed by atoms with E-state index in [2.05, 4.69) is 0 Å². The fraction of sp³-hybridized carbons (Fsp3) is 0.833. The fourth-order valence-electron chi connectivity index (χ4n) is 1.30. The monoisotopic (exact) mass is 159 g/mol. The summed E-state index contributed by atoms with van der Waals surface area (Å²) in [4.78, 5) is 12.6. The zero-order chi connectivity index (χ0) is 7.14. The first-order chi connectivity index (χ1) is 4.77. The highest BCUT2D eigenvalue weighted by Gasteiger charge is 2.40. The minimum absolute atomic E-state index is 0.191. The molecule has 2 heterocycles. The van der Waals surface area contributed by atoms with E-state index in [0.29, 0.717) is 18.3 Å². The van der Waals surface area contributed by atoms with Crippen LogP contribution in [0.5, 0.6) is 0 Å². The van der Waals surface area contributed by atoms with Crippen LogP contribution in [0.1, 0.15) is 6.42 Å². The fourth-order valence-corrected chi connectivity index (χ4v) is 2.49. The Labute approximate surface area is 63.4 Å². The maximum Gasteiger partial charge on any atom is 0.226 e. The topological polar surface area (TPSA) is 40.5 Å². The van der Waals surface area contributed by atoms with Gasteiger partial charge in [0, 0.05) is 12.3 Å². The molecule has 0 aromatic heterocycles. The van der Waals surface area contributed by atoms with Crippen molar-refractivity contribution in [3.8, 4) is 0 Å². The van der Waals surface area contributed by atoms with Crippen LogP contribution in [0.15, 0.2) is 0 Å². The maximum atomic E-state index is 10.8. The van der Waals surface area contributed by atoms with Crippen molar-refractivity contribution in [2.75, 3.05) is 12.3 Å². The lowest BCUT2D eigenvalue weighted by Gasteiger charge is -2.44. The maximum absolute atomic E-state index is 10.8. The number of hydrogen-bond donors (Lipinski definition) is 1. The molecule has 2 aliphatic heterocycles. The molecule has 0 aliphatic carbocycles. The van der Waals surface area contributed by atoms with E-state index in [-0.39, 0.29) is 12.0 Å².